The first kappa shape index (κ1) is 8.02. The molecule has 0 spiro atoms. The van der Waals surface area contributed by atoms with Crippen molar-refractivity contribution < 1.29 is 4.74 Å². The lowest BCUT2D eigenvalue weighted by Crippen LogP contribution is -2.45. The molecule has 1 aliphatic rings. The fraction of sp³-hybridized carbons (Fsp3) is 1.00. The van der Waals surface area contributed by atoms with Crippen LogP contribution in [-0.2, 0) is 4.74 Å². The van der Waals surface area contributed by atoms with Gasteiger partial charge in [-0.05, 0) is 33.4 Å². The van der Waals surface area contributed by atoms with Gasteiger partial charge >= 0.3 is 0 Å². The highest BCUT2D eigenvalue weighted by atomic mass is 16.5. The highest BCUT2D eigenvalue weighted by Gasteiger charge is 2.28. The summed E-state index contributed by atoms with van der Waals surface area (Å²) in [5.74, 6) is 0. The Hall–Kier alpha value is -0.0800. The predicted octanol–water partition coefficient (Wildman–Crippen LogP) is 1.12. The molecule has 2 heteroatoms. The average Bonchev–Trinajstić information content (AvgIpc) is 1.88. The van der Waals surface area contributed by atoms with E-state index in [2.05, 4.69) is 18.9 Å². The van der Waals surface area contributed by atoms with Crippen LogP contribution >= 0.6 is 0 Å². The van der Waals surface area contributed by atoms with Gasteiger partial charge in [-0.3, -0.25) is 0 Å². The average molecular weight is 143 g/mol. The summed E-state index contributed by atoms with van der Waals surface area (Å²) in [6.45, 7) is 4.48. The Bertz CT molecular complexity index is 116. The van der Waals surface area contributed by atoms with E-state index < -0.39 is 0 Å². The molecule has 2 nitrogen and oxygen atoms in total. The number of rotatable bonds is 1. The van der Waals surface area contributed by atoms with Crippen molar-refractivity contribution in [1.82, 2.24) is 4.90 Å². The Morgan fingerprint density at radius 3 is 2.60 bits per heavy atom. The molecule has 0 bridgehead atoms. The molecular formula is C8H17NO. The third-order valence-electron chi connectivity index (χ3n) is 2.34. The second-order valence-corrected chi connectivity index (χ2v) is 3.50. The van der Waals surface area contributed by atoms with Gasteiger partial charge in [-0.25, -0.2) is 0 Å². The van der Waals surface area contributed by atoms with Crippen molar-refractivity contribution >= 4 is 0 Å². The molecule has 1 rings (SSSR count). The zero-order chi connectivity index (χ0) is 7.61. The van der Waals surface area contributed by atoms with Crippen LogP contribution in [0.3, 0.4) is 0 Å². The summed E-state index contributed by atoms with van der Waals surface area (Å²) in [4.78, 5) is 2.33. The molecule has 1 atom stereocenters. The lowest BCUT2D eigenvalue weighted by atomic mass is 9.95. The fourth-order valence-electron chi connectivity index (χ4n) is 1.62. The SMILES string of the molecule is CO[C@@]1(C)CCCN(C)C1. The molecule has 1 aliphatic heterocycles. The Labute approximate surface area is 63.2 Å². The normalized spacial score (nSPS) is 36.3. The highest BCUT2D eigenvalue weighted by Crippen LogP contribution is 2.22. The Balaban J connectivity index is 2.45. The van der Waals surface area contributed by atoms with Crippen molar-refractivity contribution in [3.05, 3.63) is 0 Å². The first-order valence-electron chi connectivity index (χ1n) is 3.90. The summed E-state index contributed by atoms with van der Waals surface area (Å²) in [6, 6.07) is 0. The van der Waals surface area contributed by atoms with Gasteiger partial charge in [0.1, 0.15) is 0 Å². The predicted molar refractivity (Wildman–Crippen MR) is 42.1 cm³/mol. The van der Waals surface area contributed by atoms with Crippen molar-refractivity contribution in [3.8, 4) is 0 Å². The zero-order valence-electron chi connectivity index (χ0n) is 7.18. The standard InChI is InChI=1S/C8H17NO/c1-8(10-3)5-4-6-9(2)7-8/h4-7H2,1-3H3/t8-/m0/s1. The van der Waals surface area contributed by atoms with Gasteiger partial charge in [-0.1, -0.05) is 0 Å². The summed E-state index contributed by atoms with van der Waals surface area (Å²) >= 11 is 0. The van der Waals surface area contributed by atoms with Gasteiger partial charge in [0.15, 0.2) is 0 Å². The van der Waals surface area contributed by atoms with E-state index >= 15 is 0 Å². The maximum atomic E-state index is 5.41. The second-order valence-electron chi connectivity index (χ2n) is 3.50. The number of hydrogen-bond acceptors (Lipinski definition) is 2. The van der Waals surface area contributed by atoms with Crippen LogP contribution in [0.25, 0.3) is 0 Å². The van der Waals surface area contributed by atoms with E-state index in [4.69, 9.17) is 4.74 Å². The Morgan fingerprint density at radius 1 is 1.50 bits per heavy atom. The largest absolute Gasteiger partial charge is 0.377 e. The van der Waals surface area contributed by atoms with Gasteiger partial charge in [-0.15, -0.1) is 0 Å². The van der Waals surface area contributed by atoms with Gasteiger partial charge < -0.3 is 9.64 Å². The topological polar surface area (TPSA) is 12.5 Å². The number of likely N-dealkylation sites (N-methyl/N-ethyl adjacent to an activating group) is 1. The molecule has 0 radical (unpaired) electrons. The Morgan fingerprint density at radius 2 is 2.20 bits per heavy atom. The van der Waals surface area contributed by atoms with Gasteiger partial charge in [-0.2, -0.15) is 0 Å². The van der Waals surface area contributed by atoms with Gasteiger partial charge in [0.2, 0.25) is 0 Å². The molecule has 10 heavy (non-hydrogen) atoms. The molecule has 1 saturated heterocycles. The molecule has 1 fully saturated rings. The van der Waals surface area contributed by atoms with E-state index in [9.17, 15) is 0 Å². The minimum atomic E-state index is 0.118. The quantitative estimate of drug-likeness (QED) is 0.545. The maximum Gasteiger partial charge on any atom is 0.0777 e. The number of piperidine rings is 1. The Kier molecular flexibility index (Phi) is 2.32. The lowest BCUT2D eigenvalue weighted by Gasteiger charge is -2.37. The number of methoxy groups -OCH3 is 1. The second kappa shape index (κ2) is 2.89. The molecule has 0 N–H and O–H groups in total. The molecule has 0 unspecified atom stereocenters. The molecular weight excluding hydrogens is 126 g/mol. The van der Waals surface area contributed by atoms with Gasteiger partial charge in [0, 0.05) is 13.7 Å². The van der Waals surface area contributed by atoms with E-state index in [-0.39, 0.29) is 5.60 Å². The van der Waals surface area contributed by atoms with Crippen molar-refractivity contribution in [2.45, 2.75) is 25.4 Å². The van der Waals surface area contributed by atoms with Crippen molar-refractivity contribution in [2.75, 3.05) is 27.2 Å². The van der Waals surface area contributed by atoms with Crippen LogP contribution < -0.4 is 0 Å². The third-order valence-corrected chi connectivity index (χ3v) is 2.34. The van der Waals surface area contributed by atoms with Crippen LogP contribution in [0, 0.1) is 0 Å². The lowest BCUT2D eigenvalue weighted by molar-refractivity contribution is -0.0443. The first-order chi connectivity index (χ1) is 4.66. The van der Waals surface area contributed by atoms with Crippen LogP contribution in [-0.4, -0.2) is 37.7 Å². The summed E-state index contributed by atoms with van der Waals surface area (Å²) in [7, 11) is 3.95. The molecule has 0 amide bonds. The molecule has 1 heterocycles. The summed E-state index contributed by atoms with van der Waals surface area (Å²) in [6.07, 6.45) is 2.47. The fourth-order valence-corrected chi connectivity index (χ4v) is 1.62. The van der Waals surface area contributed by atoms with Gasteiger partial charge in [0.25, 0.3) is 0 Å². The molecule has 0 aromatic heterocycles. The van der Waals surface area contributed by atoms with Crippen molar-refractivity contribution in [2.24, 2.45) is 0 Å². The van der Waals surface area contributed by atoms with Gasteiger partial charge in [0.05, 0.1) is 5.60 Å². The van der Waals surface area contributed by atoms with Crippen LogP contribution in [0.15, 0.2) is 0 Å². The number of likely N-dealkylation sites (tertiary alicyclic amines) is 1. The minimum Gasteiger partial charge on any atom is -0.377 e. The van der Waals surface area contributed by atoms with Crippen LogP contribution in [0.2, 0.25) is 0 Å². The molecule has 60 valence electrons. The summed E-state index contributed by atoms with van der Waals surface area (Å²) < 4.78 is 5.41. The van der Waals surface area contributed by atoms with E-state index in [1.165, 1.54) is 19.4 Å². The summed E-state index contributed by atoms with van der Waals surface area (Å²) in [5.41, 5.74) is 0.118. The van der Waals surface area contributed by atoms with Crippen LogP contribution in [0.5, 0.6) is 0 Å². The molecule has 0 aromatic rings. The van der Waals surface area contributed by atoms with Crippen LogP contribution in [0.1, 0.15) is 19.8 Å². The van der Waals surface area contributed by atoms with E-state index in [1.54, 1.807) is 7.11 Å². The van der Waals surface area contributed by atoms with Crippen molar-refractivity contribution in [3.63, 3.8) is 0 Å². The van der Waals surface area contributed by atoms with E-state index in [0.29, 0.717) is 0 Å². The molecule has 0 saturated carbocycles. The molecule has 0 aliphatic carbocycles. The smallest absolute Gasteiger partial charge is 0.0777 e. The molecule has 0 aromatic carbocycles. The number of ether oxygens (including phenoxy) is 1. The first-order valence-corrected chi connectivity index (χ1v) is 3.90. The zero-order valence-corrected chi connectivity index (χ0v) is 7.18. The number of hydrogen-bond donors (Lipinski definition) is 0. The highest BCUT2D eigenvalue weighted by molar-refractivity contribution is 4.82. The minimum absolute atomic E-state index is 0.118. The number of nitrogens with zero attached hydrogens (tertiary/aromatic N) is 1. The van der Waals surface area contributed by atoms with E-state index in [1.807, 2.05) is 0 Å². The maximum absolute atomic E-state index is 5.41. The van der Waals surface area contributed by atoms with Crippen molar-refractivity contribution in [1.29, 1.82) is 0 Å². The van der Waals surface area contributed by atoms with Crippen LogP contribution in [0.4, 0.5) is 0 Å². The summed E-state index contributed by atoms with van der Waals surface area (Å²) in [5, 5.41) is 0. The third kappa shape index (κ3) is 1.70. The monoisotopic (exact) mass is 143 g/mol. The van der Waals surface area contributed by atoms with E-state index in [0.717, 1.165) is 6.54 Å².